The number of hydrogen-bond acceptors (Lipinski definition) is 5. The zero-order valence-electron chi connectivity index (χ0n) is 40.4. The molecular formula is C57H93NO5. The number of amides is 1. The first-order chi connectivity index (χ1) is 31.0. The highest BCUT2D eigenvalue weighted by atomic mass is 16.5. The van der Waals surface area contributed by atoms with Gasteiger partial charge >= 0.3 is 5.97 Å². The van der Waals surface area contributed by atoms with Crippen molar-refractivity contribution >= 4 is 11.9 Å². The maximum atomic E-state index is 13.2. The lowest BCUT2D eigenvalue weighted by atomic mass is 10.0. The normalized spacial score (nSPS) is 14.3. The Labute approximate surface area is 387 Å². The second kappa shape index (κ2) is 49.3. The number of aliphatic hydroxyl groups excluding tert-OH is 2. The van der Waals surface area contributed by atoms with Crippen LogP contribution in [-0.4, -0.2) is 46.9 Å². The molecule has 63 heavy (non-hydrogen) atoms. The summed E-state index contributed by atoms with van der Waals surface area (Å²) < 4.78 is 5.90. The summed E-state index contributed by atoms with van der Waals surface area (Å²) in [6, 6.07) is -0.730. The third-order valence-electron chi connectivity index (χ3n) is 10.6. The molecule has 0 aliphatic rings. The van der Waals surface area contributed by atoms with E-state index in [1.165, 1.54) is 38.5 Å². The van der Waals surface area contributed by atoms with Crippen molar-refractivity contribution in [1.29, 1.82) is 0 Å². The van der Waals surface area contributed by atoms with Gasteiger partial charge < -0.3 is 20.3 Å². The monoisotopic (exact) mass is 872 g/mol. The van der Waals surface area contributed by atoms with Gasteiger partial charge in [0.25, 0.3) is 0 Å². The van der Waals surface area contributed by atoms with E-state index < -0.39 is 18.2 Å². The van der Waals surface area contributed by atoms with Crippen LogP contribution in [0.15, 0.2) is 122 Å². The number of carbonyl (C=O) groups is 2. The van der Waals surface area contributed by atoms with Crippen LogP contribution in [0.2, 0.25) is 0 Å². The average Bonchev–Trinajstić information content (AvgIpc) is 3.28. The van der Waals surface area contributed by atoms with Crippen molar-refractivity contribution in [3.05, 3.63) is 122 Å². The highest BCUT2D eigenvalue weighted by Crippen LogP contribution is 2.16. The molecule has 0 spiro atoms. The van der Waals surface area contributed by atoms with Gasteiger partial charge in [0.15, 0.2) is 0 Å². The summed E-state index contributed by atoms with van der Waals surface area (Å²) in [5.74, 6) is -0.568. The highest BCUT2D eigenvalue weighted by Gasteiger charge is 2.24. The molecule has 356 valence electrons. The summed E-state index contributed by atoms with van der Waals surface area (Å²) in [7, 11) is 0. The molecule has 0 aromatic rings. The molecule has 0 saturated carbocycles. The molecular weight excluding hydrogens is 779 g/mol. The van der Waals surface area contributed by atoms with Crippen molar-refractivity contribution in [2.75, 3.05) is 6.61 Å². The lowest BCUT2D eigenvalue weighted by Crippen LogP contribution is -2.46. The van der Waals surface area contributed by atoms with Crippen molar-refractivity contribution in [2.45, 2.75) is 219 Å². The second-order valence-corrected chi connectivity index (χ2v) is 16.6. The van der Waals surface area contributed by atoms with E-state index in [0.29, 0.717) is 19.3 Å². The van der Waals surface area contributed by atoms with Gasteiger partial charge in [-0.2, -0.15) is 0 Å². The van der Waals surface area contributed by atoms with E-state index in [-0.39, 0.29) is 24.9 Å². The maximum absolute atomic E-state index is 13.2. The number of carbonyl (C=O) groups excluding carboxylic acids is 2. The summed E-state index contributed by atoms with van der Waals surface area (Å²) in [4.78, 5) is 26.1. The third kappa shape index (κ3) is 44.7. The van der Waals surface area contributed by atoms with Gasteiger partial charge in [-0.25, -0.2) is 0 Å². The zero-order valence-corrected chi connectivity index (χ0v) is 40.4. The van der Waals surface area contributed by atoms with E-state index >= 15 is 0 Å². The number of rotatable bonds is 43. The van der Waals surface area contributed by atoms with Crippen LogP contribution in [-0.2, 0) is 14.3 Å². The van der Waals surface area contributed by atoms with Gasteiger partial charge in [-0.3, -0.25) is 9.59 Å². The first-order valence-electron chi connectivity index (χ1n) is 25.3. The Kier molecular flexibility index (Phi) is 46.4. The fourth-order valence-corrected chi connectivity index (χ4v) is 6.84. The van der Waals surface area contributed by atoms with Crippen LogP contribution in [0.1, 0.15) is 201 Å². The van der Waals surface area contributed by atoms with Crippen molar-refractivity contribution in [3.8, 4) is 0 Å². The van der Waals surface area contributed by atoms with Crippen LogP contribution < -0.4 is 5.32 Å². The second-order valence-electron chi connectivity index (χ2n) is 16.6. The fraction of sp³-hybridized carbons (Fsp3) is 0.614. The molecule has 1 amide bonds. The Balaban J connectivity index is 4.76. The molecule has 0 aliphatic carbocycles. The lowest BCUT2D eigenvalue weighted by Gasteiger charge is -2.24. The van der Waals surface area contributed by atoms with Gasteiger partial charge in [-0.05, 0) is 89.9 Å². The van der Waals surface area contributed by atoms with Crippen LogP contribution in [0.3, 0.4) is 0 Å². The lowest BCUT2D eigenvalue weighted by molar-refractivity contribution is -0.151. The van der Waals surface area contributed by atoms with Crippen molar-refractivity contribution < 1.29 is 24.5 Å². The molecule has 0 radical (unpaired) electrons. The molecule has 6 heteroatoms. The Morgan fingerprint density at radius 2 is 0.952 bits per heavy atom. The first kappa shape index (κ1) is 59.3. The number of aliphatic hydroxyl groups is 2. The average molecular weight is 872 g/mol. The van der Waals surface area contributed by atoms with Gasteiger partial charge in [0.2, 0.25) is 5.91 Å². The van der Waals surface area contributed by atoms with E-state index in [1.54, 1.807) is 0 Å². The topological polar surface area (TPSA) is 95.9 Å². The summed E-state index contributed by atoms with van der Waals surface area (Å²) >= 11 is 0. The number of hydrogen-bond donors (Lipinski definition) is 3. The predicted octanol–water partition coefficient (Wildman–Crippen LogP) is 15.3. The highest BCUT2D eigenvalue weighted by molar-refractivity contribution is 5.77. The van der Waals surface area contributed by atoms with Gasteiger partial charge in [-0.15, -0.1) is 0 Å². The molecule has 0 aliphatic heterocycles. The standard InChI is InChI=1S/C57H93NO5/c1-4-7-10-13-16-19-21-23-25-27-28-29-31-33-35-38-41-44-47-50-57(62)63-53(48-45-42-39-37-34-32-30-26-24-22-20-17-14-11-8-5-2)51-56(61)58-54(52-59)55(60)49-46-43-40-36-18-15-12-9-6-3/h7,10-11,14,16-17,19-20,22-26,28-30,32-35,53-55,59-60H,4-6,8-9,12-13,15,18,21,27,31,36-52H2,1-3H3,(H,58,61)/b10-7-,14-11+,19-16-,20-17+,24-22+,25-23-,29-28-,30-26+,34-32+,35-33-. The molecule has 0 fully saturated rings. The van der Waals surface area contributed by atoms with Crippen LogP contribution in [0.5, 0.6) is 0 Å². The SMILES string of the molecule is CC/C=C\C/C=C\C/C=C\C/C=C\C/C=C\CCCCCC(=O)OC(CCCCC/C=C/C=C/C=C/C=C/C=C/CCC)CC(=O)NC(CO)C(O)CCCCCCCCCCC. The molecule has 3 N–H and O–H groups in total. The Bertz CT molecular complexity index is 1350. The minimum absolute atomic E-state index is 0.0273. The molecule has 3 unspecified atom stereocenters. The summed E-state index contributed by atoms with van der Waals surface area (Å²) in [6.07, 6.45) is 68.2. The van der Waals surface area contributed by atoms with Crippen molar-refractivity contribution in [2.24, 2.45) is 0 Å². The number of nitrogens with one attached hydrogen (secondary N) is 1. The fourth-order valence-electron chi connectivity index (χ4n) is 6.84. The van der Waals surface area contributed by atoms with E-state index in [2.05, 4.69) is 111 Å². The summed E-state index contributed by atoms with van der Waals surface area (Å²) in [5, 5.41) is 23.7. The van der Waals surface area contributed by atoms with Crippen LogP contribution in [0, 0.1) is 0 Å². The van der Waals surface area contributed by atoms with E-state index in [9.17, 15) is 19.8 Å². The van der Waals surface area contributed by atoms with Crippen molar-refractivity contribution in [3.63, 3.8) is 0 Å². The Morgan fingerprint density at radius 1 is 0.492 bits per heavy atom. The van der Waals surface area contributed by atoms with E-state index in [4.69, 9.17) is 4.74 Å². The van der Waals surface area contributed by atoms with E-state index in [0.717, 1.165) is 116 Å². The zero-order chi connectivity index (χ0) is 45.9. The van der Waals surface area contributed by atoms with Gasteiger partial charge in [0.05, 0.1) is 25.2 Å². The van der Waals surface area contributed by atoms with Crippen molar-refractivity contribution in [1.82, 2.24) is 5.32 Å². The largest absolute Gasteiger partial charge is 0.462 e. The molecule has 0 bridgehead atoms. The first-order valence-corrected chi connectivity index (χ1v) is 25.3. The smallest absolute Gasteiger partial charge is 0.306 e. The van der Waals surface area contributed by atoms with Crippen LogP contribution >= 0.6 is 0 Å². The maximum Gasteiger partial charge on any atom is 0.306 e. The minimum atomic E-state index is -0.812. The third-order valence-corrected chi connectivity index (χ3v) is 10.6. The quantitative estimate of drug-likeness (QED) is 0.0245. The Morgan fingerprint density at radius 3 is 1.51 bits per heavy atom. The van der Waals surface area contributed by atoms with Gasteiger partial charge in [-0.1, -0.05) is 219 Å². The number of esters is 1. The summed E-state index contributed by atoms with van der Waals surface area (Å²) in [5.41, 5.74) is 0. The van der Waals surface area contributed by atoms with E-state index in [1.807, 2.05) is 36.5 Å². The molecule has 0 saturated heterocycles. The number of ether oxygens (including phenoxy) is 1. The minimum Gasteiger partial charge on any atom is -0.462 e. The Hall–Kier alpha value is -3.74. The predicted molar refractivity (Wildman–Crippen MR) is 273 cm³/mol. The summed E-state index contributed by atoms with van der Waals surface area (Å²) in [6.45, 7) is 6.22. The van der Waals surface area contributed by atoms with Crippen LogP contribution in [0.25, 0.3) is 0 Å². The molecule has 0 aromatic carbocycles. The number of allylic oxidation sites excluding steroid dienone is 20. The van der Waals surface area contributed by atoms with Gasteiger partial charge in [0, 0.05) is 6.42 Å². The van der Waals surface area contributed by atoms with Gasteiger partial charge in [0.1, 0.15) is 6.10 Å². The number of unbranched alkanes of at least 4 members (excludes halogenated alkanes) is 15. The molecule has 0 rings (SSSR count). The molecule has 3 atom stereocenters. The molecule has 0 aromatic heterocycles. The van der Waals surface area contributed by atoms with Crippen LogP contribution in [0.4, 0.5) is 0 Å². The molecule has 6 nitrogen and oxygen atoms in total. The molecule has 0 heterocycles.